The van der Waals surface area contributed by atoms with Crippen LogP contribution < -0.4 is 10.2 Å². The lowest BCUT2D eigenvalue weighted by atomic mass is 10.1. The molecule has 0 radical (unpaired) electrons. The molecular weight excluding hydrogens is 396 g/mol. The Labute approximate surface area is 170 Å². The molecule has 0 fully saturated rings. The lowest BCUT2D eigenvalue weighted by Gasteiger charge is -2.20. The van der Waals surface area contributed by atoms with Crippen LogP contribution in [-0.4, -0.2) is 43.6 Å². The molecule has 0 saturated heterocycles. The van der Waals surface area contributed by atoms with Gasteiger partial charge >= 0.3 is 0 Å². The van der Waals surface area contributed by atoms with E-state index in [1.807, 2.05) is 18.2 Å². The number of sulfonamides is 1. The van der Waals surface area contributed by atoms with Gasteiger partial charge in [-0.3, -0.25) is 15.5 Å². The van der Waals surface area contributed by atoms with E-state index in [4.69, 9.17) is 4.74 Å². The number of nitrogens with zero attached hydrogens (tertiary/aromatic N) is 3. The largest absolute Gasteiger partial charge is 0.496 e. The first-order chi connectivity index (χ1) is 13.8. The summed E-state index contributed by atoms with van der Waals surface area (Å²) >= 11 is 0. The standard InChI is InChI=1S/C19H24N4O5S/c1-5-22(6-2)29(26,27)19-13-15(23(24)25)11-12-17(19)21-20-14(3)16-9-7-8-10-18(16)28-4/h7-13,21H,5-6H2,1-4H3/b20-14-. The van der Waals surface area contributed by atoms with Gasteiger partial charge in [-0.05, 0) is 25.1 Å². The molecule has 0 aliphatic rings. The third-order valence-corrected chi connectivity index (χ3v) is 6.43. The molecule has 2 rings (SSSR count). The fraction of sp³-hybridized carbons (Fsp3) is 0.316. The van der Waals surface area contributed by atoms with Gasteiger partial charge in [-0.2, -0.15) is 9.41 Å². The molecule has 0 bridgehead atoms. The Morgan fingerprint density at radius 3 is 2.45 bits per heavy atom. The summed E-state index contributed by atoms with van der Waals surface area (Å²) in [6, 6.07) is 10.9. The van der Waals surface area contributed by atoms with E-state index in [1.165, 1.54) is 16.4 Å². The number of nitro groups is 1. The quantitative estimate of drug-likeness (QED) is 0.377. The van der Waals surface area contributed by atoms with Gasteiger partial charge in [0.05, 0.1) is 23.4 Å². The fourth-order valence-corrected chi connectivity index (χ4v) is 4.40. The summed E-state index contributed by atoms with van der Waals surface area (Å²) in [6.45, 7) is 5.63. The predicted molar refractivity (Wildman–Crippen MR) is 112 cm³/mol. The maximum Gasteiger partial charge on any atom is 0.270 e. The maximum absolute atomic E-state index is 13.0. The minimum atomic E-state index is -3.94. The van der Waals surface area contributed by atoms with Crippen molar-refractivity contribution in [2.75, 3.05) is 25.6 Å². The van der Waals surface area contributed by atoms with Crippen molar-refractivity contribution in [1.82, 2.24) is 4.31 Å². The number of anilines is 1. The van der Waals surface area contributed by atoms with Crippen molar-refractivity contribution in [2.45, 2.75) is 25.7 Å². The topological polar surface area (TPSA) is 114 Å². The molecule has 0 amide bonds. The molecule has 156 valence electrons. The first-order valence-electron chi connectivity index (χ1n) is 8.98. The van der Waals surface area contributed by atoms with Crippen LogP contribution in [0.25, 0.3) is 0 Å². The molecule has 0 aromatic heterocycles. The molecular formula is C19H24N4O5S. The van der Waals surface area contributed by atoms with Crippen molar-refractivity contribution >= 4 is 27.1 Å². The first-order valence-corrected chi connectivity index (χ1v) is 10.4. The normalized spacial score (nSPS) is 12.1. The Kier molecular flexibility index (Phi) is 7.29. The third kappa shape index (κ3) is 4.90. The van der Waals surface area contributed by atoms with E-state index in [1.54, 1.807) is 33.9 Å². The molecule has 2 aromatic carbocycles. The molecule has 0 aliphatic carbocycles. The Balaban J connectivity index is 2.51. The molecule has 9 nitrogen and oxygen atoms in total. The summed E-state index contributed by atoms with van der Waals surface area (Å²) < 4.78 is 32.5. The van der Waals surface area contributed by atoms with Gasteiger partial charge in [0, 0.05) is 30.8 Å². The summed E-state index contributed by atoms with van der Waals surface area (Å²) in [5.41, 5.74) is 3.87. The van der Waals surface area contributed by atoms with E-state index in [2.05, 4.69) is 10.5 Å². The molecule has 0 saturated carbocycles. The summed E-state index contributed by atoms with van der Waals surface area (Å²) in [4.78, 5) is 10.3. The highest BCUT2D eigenvalue weighted by atomic mass is 32.2. The van der Waals surface area contributed by atoms with Gasteiger partial charge in [-0.1, -0.05) is 26.0 Å². The molecule has 0 atom stereocenters. The number of hydrogen-bond donors (Lipinski definition) is 1. The lowest BCUT2D eigenvalue weighted by molar-refractivity contribution is -0.385. The number of hydrogen-bond acceptors (Lipinski definition) is 7. The zero-order valence-corrected chi connectivity index (χ0v) is 17.6. The van der Waals surface area contributed by atoms with Crippen LogP contribution in [0.1, 0.15) is 26.3 Å². The minimum Gasteiger partial charge on any atom is -0.496 e. The van der Waals surface area contributed by atoms with Crippen LogP contribution in [0.2, 0.25) is 0 Å². The Bertz CT molecular complexity index is 1020. The number of para-hydroxylation sites is 1. The lowest BCUT2D eigenvalue weighted by Crippen LogP contribution is -2.31. The molecule has 29 heavy (non-hydrogen) atoms. The van der Waals surface area contributed by atoms with E-state index in [0.29, 0.717) is 11.5 Å². The zero-order chi connectivity index (χ0) is 21.6. The number of nitrogens with one attached hydrogen (secondary N) is 1. The van der Waals surface area contributed by atoms with Crippen molar-refractivity contribution in [3.8, 4) is 5.75 Å². The molecule has 10 heteroatoms. The Morgan fingerprint density at radius 2 is 1.86 bits per heavy atom. The number of nitro benzene ring substituents is 1. The van der Waals surface area contributed by atoms with Crippen LogP contribution in [0.5, 0.6) is 5.75 Å². The molecule has 2 aromatic rings. The summed E-state index contributed by atoms with van der Waals surface area (Å²) in [5, 5.41) is 15.4. The fourth-order valence-electron chi connectivity index (χ4n) is 2.78. The van der Waals surface area contributed by atoms with Gasteiger partial charge in [0.1, 0.15) is 10.6 Å². The highest BCUT2D eigenvalue weighted by molar-refractivity contribution is 7.89. The van der Waals surface area contributed by atoms with Crippen molar-refractivity contribution in [3.05, 3.63) is 58.1 Å². The average Bonchev–Trinajstić information content (AvgIpc) is 2.72. The van der Waals surface area contributed by atoms with Gasteiger partial charge in [-0.15, -0.1) is 0 Å². The van der Waals surface area contributed by atoms with Crippen molar-refractivity contribution < 1.29 is 18.1 Å². The molecule has 0 heterocycles. The third-order valence-electron chi connectivity index (χ3n) is 4.34. The molecule has 0 unspecified atom stereocenters. The van der Waals surface area contributed by atoms with Crippen molar-refractivity contribution in [3.63, 3.8) is 0 Å². The van der Waals surface area contributed by atoms with Crippen LogP contribution >= 0.6 is 0 Å². The SMILES string of the molecule is CCN(CC)S(=O)(=O)c1cc([N+](=O)[O-])ccc1N/N=C(/C)c1ccccc1OC. The van der Waals surface area contributed by atoms with Gasteiger partial charge in [0.25, 0.3) is 5.69 Å². The van der Waals surface area contributed by atoms with Gasteiger partial charge in [-0.25, -0.2) is 8.42 Å². The zero-order valence-electron chi connectivity index (χ0n) is 16.7. The number of ether oxygens (including phenoxy) is 1. The van der Waals surface area contributed by atoms with E-state index in [-0.39, 0.29) is 29.4 Å². The second kappa shape index (κ2) is 9.48. The van der Waals surface area contributed by atoms with Gasteiger partial charge < -0.3 is 4.74 Å². The smallest absolute Gasteiger partial charge is 0.270 e. The number of rotatable bonds is 9. The van der Waals surface area contributed by atoms with E-state index in [0.717, 1.165) is 11.6 Å². The van der Waals surface area contributed by atoms with E-state index >= 15 is 0 Å². The number of non-ortho nitro benzene ring substituents is 1. The number of methoxy groups -OCH3 is 1. The highest BCUT2D eigenvalue weighted by Crippen LogP contribution is 2.29. The van der Waals surface area contributed by atoms with Crippen molar-refractivity contribution in [1.29, 1.82) is 0 Å². The molecule has 1 N–H and O–H groups in total. The van der Waals surface area contributed by atoms with E-state index in [9.17, 15) is 18.5 Å². The summed E-state index contributed by atoms with van der Waals surface area (Å²) in [6.07, 6.45) is 0. The Morgan fingerprint density at radius 1 is 1.21 bits per heavy atom. The number of hydrazone groups is 1. The first kappa shape index (κ1) is 22.3. The monoisotopic (exact) mass is 420 g/mol. The minimum absolute atomic E-state index is 0.150. The second-order valence-electron chi connectivity index (χ2n) is 6.04. The second-order valence-corrected chi connectivity index (χ2v) is 7.94. The van der Waals surface area contributed by atoms with Gasteiger partial charge in [0.15, 0.2) is 0 Å². The van der Waals surface area contributed by atoms with Gasteiger partial charge in [0.2, 0.25) is 10.0 Å². The highest BCUT2D eigenvalue weighted by Gasteiger charge is 2.27. The number of benzene rings is 2. The summed E-state index contributed by atoms with van der Waals surface area (Å²) in [7, 11) is -2.39. The van der Waals surface area contributed by atoms with Crippen LogP contribution in [0.15, 0.2) is 52.5 Å². The summed E-state index contributed by atoms with van der Waals surface area (Å²) in [5.74, 6) is 0.621. The molecule has 0 spiro atoms. The van der Waals surface area contributed by atoms with Crippen molar-refractivity contribution in [2.24, 2.45) is 5.10 Å². The van der Waals surface area contributed by atoms with Crippen LogP contribution in [-0.2, 0) is 10.0 Å². The maximum atomic E-state index is 13.0. The predicted octanol–water partition coefficient (Wildman–Crippen LogP) is 3.47. The van der Waals surface area contributed by atoms with E-state index < -0.39 is 14.9 Å². The van der Waals surface area contributed by atoms with Crippen LogP contribution in [0, 0.1) is 10.1 Å². The Hall–Kier alpha value is -2.98. The average molecular weight is 420 g/mol. The molecule has 0 aliphatic heterocycles. The van der Waals surface area contributed by atoms with Crippen LogP contribution in [0.3, 0.4) is 0 Å². The van der Waals surface area contributed by atoms with Crippen LogP contribution in [0.4, 0.5) is 11.4 Å².